The van der Waals surface area contributed by atoms with E-state index in [-0.39, 0.29) is 12.1 Å². The van der Waals surface area contributed by atoms with Gasteiger partial charge in [0.15, 0.2) is 17.5 Å². The van der Waals surface area contributed by atoms with E-state index in [2.05, 4.69) is 15.5 Å². The van der Waals surface area contributed by atoms with E-state index in [4.69, 9.17) is 9.51 Å². The third kappa shape index (κ3) is 5.63. The highest BCUT2D eigenvalue weighted by Crippen LogP contribution is 2.16. The number of aliphatic hydroxyl groups is 1. The van der Waals surface area contributed by atoms with E-state index in [1.165, 1.54) is 15.5 Å². The molecule has 36 heavy (non-hydrogen) atoms. The minimum absolute atomic E-state index is 0.254. The Bertz CT molecular complexity index is 1370. The Hall–Kier alpha value is -3.57. The zero-order valence-corrected chi connectivity index (χ0v) is 20.8. The molecule has 11 heteroatoms. The molecule has 1 unspecified atom stereocenters. The second kappa shape index (κ2) is 11.9. The lowest BCUT2D eigenvalue weighted by Gasteiger charge is -2.14. The topological polar surface area (TPSA) is 133 Å². The molecule has 0 aliphatic heterocycles. The zero-order chi connectivity index (χ0) is 25.5. The van der Waals surface area contributed by atoms with E-state index in [9.17, 15) is 14.7 Å². The Labute approximate surface area is 208 Å². The molecule has 0 aliphatic rings. The number of hydrogen-bond acceptors (Lipinski definition) is 8. The van der Waals surface area contributed by atoms with Gasteiger partial charge < -0.3 is 19.5 Å². The van der Waals surface area contributed by atoms with E-state index in [0.717, 1.165) is 5.56 Å². The Morgan fingerprint density at radius 1 is 1.06 bits per heavy atom. The molecule has 0 amide bonds. The largest absolute Gasteiger partial charge is 0.392 e. The summed E-state index contributed by atoms with van der Waals surface area (Å²) in [7, 11) is 0. The van der Waals surface area contributed by atoms with Crippen LogP contribution in [0, 0.1) is 0 Å². The lowest BCUT2D eigenvalue weighted by atomic mass is 10.1. The summed E-state index contributed by atoms with van der Waals surface area (Å²) in [5.41, 5.74) is 1.08. The average Bonchev–Trinajstić information content (AvgIpc) is 3.53. The van der Waals surface area contributed by atoms with Crippen LogP contribution in [0.4, 0.5) is 0 Å². The zero-order valence-electron chi connectivity index (χ0n) is 20.8. The predicted octanol–water partition coefficient (Wildman–Crippen LogP) is 1.35. The number of imidazole rings is 1. The highest BCUT2D eigenvalue weighted by Gasteiger charge is 2.22. The Morgan fingerprint density at radius 2 is 1.86 bits per heavy atom. The maximum Gasteiger partial charge on any atom is 0.332 e. The van der Waals surface area contributed by atoms with Gasteiger partial charge in [-0.05, 0) is 18.4 Å². The summed E-state index contributed by atoms with van der Waals surface area (Å²) >= 11 is 0. The van der Waals surface area contributed by atoms with Gasteiger partial charge in [-0.15, -0.1) is 0 Å². The number of nitrogens with one attached hydrogen (secondary N) is 1. The van der Waals surface area contributed by atoms with Gasteiger partial charge in [0, 0.05) is 45.6 Å². The number of aliphatic hydroxyl groups excluding tert-OH is 1. The normalized spacial score (nSPS) is 12.4. The molecule has 0 spiro atoms. The smallest absolute Gasteiger partial charge is 0.332 e. The second-order valence-electron chi connectivity index (χ2n) is 8.76. The minimum Gasteiger partial charge on any atom is -0.392 e. The summed E-state index contributed by atoms with van der Waals surface area (Å²) in [4.78, 5) is 35.8. The molecule has 0 saturated heterocycles. The molecular weight excluding hydrogens is 462 g/mol. The molecule has 3 aromatic heterocycles. The van der Waals surface area contributed by atoms with Crippen molar-refractivity contribution in [2.75, 3.05) is 13.1 Å². The first-order chi connectivity index (χ1) is 17.5. The van der Waals surface area contributed by atoms with Crippen LogP contribution in [0.25, 0.3) is 11.2 Å². The summed E-state index contributed by atoms with van der Waals surface area (Å²) in [6.07, 6.45) is 3.06. The minimum atomic E-state index is -0.426. The molecule has 0 fully saturated rings. The van der Waals surface area contributed by atoms with Gasteiger partial charge in [-0.2, -0.15) is 4.98 Å². The first-order valence-electron chi connectivity index (χ1n) is 12.4. The van der Waals surface area contributed by atoms with Crippen LogP contribution in [0.15, 0.2) is 50.8 Å². The first-order valence-corrected chi connectivity index (χ1v) is 12.4. The number of aromatic nitrogens is 6. The van der Waals surface area contributed by atoms with Crippen molar-refractivity contribution >= 4 is 11.2 Å². The molecule has 0 bridgehead atoms. The van der Waals surface area contributed by atoms with Crippen LogP contribution in [-0.4, -0.2) is 53.1 Å². The SMILES string of the molecule is CCCn1c(=O)c2c(nc(Cc3ccccc3)n2CCNCC(O)CC)n(CCc2ncno2)c1=O. The van der Waals surface area contributed by atoms with Crippen LogP contribution >= 0.6 is 0 Å². The van der Waals surface area contributed by atoms with Crippen molar-refractivity contribution in [3.8, 4) is 0 Å². The van der Waals surface area contributed by atoms with Crippen molar-refractivity contribution in [3.05, 3.63) is 74.8 Å². The van der Waals surface area contributed by atoms with Crippen molar-refractivity contribution in [3.63, 3.8) is 0 Å². The van der Waals surface area contributed by atoms with Gasteiger partial charge in [-0.3, -0.25) is 13.9 Å². The molecule has 4 rings (SSSR count). The standard InChI is InChI=1S/C25H33N7O4/c1-3-12-32-24(34)22-23(31(25(32)35)13-10-21-27-17-28-36-21)29-20(15-18-8-6-5-7-9-18)30(22)14-11-26-16-19(33)4-2/h5-9,17,19,26,33H,3-4,10-16H2,1-2H3. The Morgan fingerprint density at radius 3 is 2.56 bits per heavy atom. The fraction of sp³-hybridized carbons (Fsp3) is 0.480. The van der Waals surface area contributed by atoms with Gasteiger partial charge in [-0.1, -0.05) is 49.3 Å². The number of fused-ring (bicyclic) bond motifs is 1. The Balaban J connectivity index is 1.80. The van der Waals surface area contributed by atoms with Crippen LogP contribution in [-0.2, 0) is 32.5 Å². The molecule has 4 aromatic rings. The predicted molar refractivity (Wildman–Crippen MR) is 135 cm³/mol. The molecule has 0 radical (unpaired) electrons. The van der Waals surface area contributed by atoms with E-state index < -0.39 is 11.8 Å². The molecular formula is C25H33N7O4. The Kier molecular flexibility index (Phi) is 8.44. The van der Waals surface area contributed by atoms with Gasteiger partial charge in [0.05, 0.1) is 6.10 Å². The highest BCUT2D eigenvalue weighted by molar-refractivity contribution is 5.71. The van der Waals surface area contributed by atoms with Crippen molar-refractivity contribution in [2.24, 2.45) is 0 Å². The molecule has 1 aromatic carbocycles. The lowest BCUT2D eigenvalue weighted by Crippen LogP contribution is -2.41. The van der Waals surface area contributed by atoms with Crippen LogP contribution in [0.3, 0.4) is 0 Å². The molecule has 0 saturated carbocycles. The highest BCUT2D eigenvalue weighted by atomic mass is 16.5. The molecule has 2 N–H and O–H groups in total. The summed E-state index contributed by atoms with van der Waals surface area (Å²) < 4.78 is 9.84. The fourth-order valence-electron chi connectivity index (χ4n) is 4.23. The number of aryl methyl sites for hydroxylation is 2. The maximum atomic E-state index is 13.6. The van der Waals surface area contributed by atoms with E-state index in [0.29, 0.717) is 74.7 Å². The van der Waals surface area contributed by atoms with E-state index >= 15 is 0 Å². The molecule has 11 nitrogen and oxygen atoms in total. The molecule has 0 aliphatic carbocycles. The van der Waals surface area contributed by atoms with Gasteiger partial charge in [0.1, 0.15) is 5.82 Å². The lowest BCUT2D eigenvalue weighted by molar-refractivity contribution is 0.167. The number of rotatable bonds is 13. The fourth-order valence-corrected chi connectivity index (χ4v) is 4.23. The van der Waals surface area contributed by atoms with Crippen LogP contribution in [0.2, 0.25) is 0 Å². The molecule has 3 heterocycles. The van der Waals surface area contributed by atoms with Crippen molar-refractivity contribution in [2.45, 2.75) is 65.3 Å². The van der Waals surface area contributed by atoms with E-state index in [1.807, 2.05) is 48.7 Å². The summed E-state index contributed by atoms with van der Waals surface area (Å²) in [6.45, 7) is 5.90. The van der Waals surface area contributed by atoms with Crippen LogP contribution in [0.1, 0.15) is 44.0 Å². The summed E-state index contributed by atoms with van der Waals surface area (Å²) in [5, 5.41) is 16.8. The van der Waals surface area contributed by atoms with Crippen LogP contribution < -0.4 is 16.6 Å². The maximum absolute atomic E-state index is 13.6. The summed E-state index contributed by atoms with van der Waals surface area (Å²) in [6, 6.07) is 9.90. The van der Waals surface area contributed by atoms with Gasteiger partial charge in [-0.25, -0.2) is 9.78 Å². The molecule has 192 valence electrons. The quantitative estimate of drug-likeness (QED) is 0.266. The van der Waals surface area contributed by atoms with Crippen molar-refractivity contribution in [1.29, 1.82) is 0 Å². The van der Waals surface area contributed by atoms with Gasteiger partial charge in [0.25, 0.3) is 5.56 Å². The monoisotopic (exact) mass is 495 g/mol. The van der Waals surface area contributed by atoms with Crippen LogP contribution in [0.5, 0.6) is 0 Å². The van der Waals surface area contributed by atoms with Gasteiger partial charge >= 0.3 is 5.69 Å². The van der Waals surface area contributed by atoms with Gasteiger partial charge in [0.2, 0.25) is 5.89 Å². The number of benzene rings is 1. The number of nitrogens with zero attached hydrogens (tertiary/aromatic N) is 6. The summed E-state index contributed by atoms with van der Waals surface area (Å²) in [5.74, 6) is 1.11. The third-order valence-corrected chi connectivity index (χ3v) is 6.17. The second-order valence-corrected chi connectivity index (χ2v) is 8.76. The van der Waals surface area contributed by atoms with Crippen molar-refractivity contribution in [1.82, 2.24) is 34.1 Å². The van der Waals surface area contributed by atoms with E-state index in [1.54, 1.807) is 0 Å². The third-order valence-electron chi connectivity index (χ3n) is 6.17. The average molecular weight is 496 g/mol. The van der Waals surface area contributed by atoms with Crippen molar-refractivity contribution < 1.29 is 9.63 Å². The molecule has 1 atom stereocenters. The number of hydrogen-bond donors (Lipinski definition) is 2. The first kappa shape index (κ1) is 25.5.